The zero-order valence-corrected chi connectivity index (χ0v) is 11.2. The summed E-state index contributed by atoms with van der Waals surface area (Å²) in [6.07, 6.45) is 4.37. The Hall–Kier alpha value is -1.48. The van der Waals surface area contributed by atoms with Crippen LogP contribution in [0.25, 0.3) is 11.5 Å². The molecule has 0 bridgehead atoms. The van der Waals surface area contributed by atoms with E-state index in [1.165, 1.54) is 18.4 Å². The fourth-order valence-corrected chi connectivity index (χ4v) is 2.63. The van der Waals surface area contributed by atoms with Crippen LogP contribution in [0.5, 0.6) is 0 Å². The standard InChI is InChI=1S/C15H15NOS/c1-10-6-8-11(9-7-10)14-16-15(18)12-4-2-3-5-13(12)17-14/h6-9H,2-5H2,1H3. The van der Waals surface area contributed by atoms with Crippen molar-refractivity contribution in [2.75, 3.05) is 0 Å². The third-order valence-corrected chi connectivity index (χ3v) is 3.73. The van der Waals surface area contributed by atoms with Crippen molar-refractivity contribution in [1.82, 2.24) is 4.98 Å². The number of nitrogens with zero attached hydrogens (tertiary/aromatic N) is 1. The van der Waals surface area contributed by atoms with Crippen LogP contribution < -0.4 is 0 Å². The van der Waals surface area contributed by atoms with E-state index in [9.17, 15) is 0 Å². The Balaban J connectivity index is 2.11. The number of aromatic nitrogens is 1. The monoisotopic (exact) mass is 257 g/mol. The van der Waals surface area contributed by atoms with E-state index in [1.807, 2.05) is 12.1 Å². The Kier molecular flexibility index (Phi) is 3.00. The maximum atomic E-state index is 5.93. The van der Waals surface area contributed by atoms with Crippen molar-refractivity contribution in [3.63, 3.8) is 0 Å². The van der Waals surface area contributed by atoms with Crippen LogP contribution in [-0.4, -0.2) is 4.98 Å². The van der Waals surface area contributed by atoms with Crippen molar-refractivity contribution in [2.24, 2.45) is 0 Å². The van der Waals surface area contributed by atoms with Gasteiger partial charge in [-0.3, -0.25) is 0 Å². The Bertz CT molecular complexity index is 628. The van der Waals surface area contributed by atoms with Gasteiger partial charge in [0.05, 0.1) is 0 Å². The summed E-state index contributed by atoms with van der Waals surface area (Å²) in [5.74, 6) is 1.69. The molecule has 0 N–H and O–H groups in total. The first-order valence-corrected chi connectivity index (χ1v) is 6.75. The molecule has 0 aliphatic heterocycles. The van der Waals surface area contributed by atoms with Crippen LogP contribution in [0, 0.1) is 11.6 Å². The fraction of sp³-hybridized carbons (Fsp3) is 0.333. The molecule has 0 fully saturated rings. The van der Waals surface area contributed by atoms with Gasteiger partial charge in [-0.1, -0.05) is 29.9 Å². The van der Waals surface area contributed by atoms with E-state index in [-0.39, 0.29) is 0 Å². The second-order valence-corrected chi connectivity index (χ2v) is 5.19. The Morgan fingerprint density at radius 2 is 1.83 bits per heavy atom. The van der Waals surface area contributed by atoms with Gasteiger partial charge in [-0.25, -0.2) is 4.98 Å². The highest BCUT2D eigenvalue weighted by Crippen LogP contribution is 2.26. The van der Waals surface area contributed by atoms with Gasteiger partial charge in [0.15, 0.2) is 0 Å². The molecule has 1 heterocycles. The summed E-state index contributed by atoms with van der Waals surface area (Å²) in [7, 11) is 0. The predicted octanol–water partition coefficient (Wildman–Crippen LogP) is 4.26. The van der Waals surface area contributed by atoms with Crippen molar-refractivity contribution in [3.8, 4) is 11.5 Å². The predicted molar refractivity (Wildman–Crippen MR) is 74.2 cm³/mol. The van der Waals surface area contributed by atoms with Gasteiger partial charge in [0, 0.05) is 17.5 Å². The molecule has 0 amide bonds. The van der Waals surface area contributed by atoms with Crippen LogP contribution in [0.1, 0.15) is 29.7 Å². The van der Waals surface area contributed by atoms with Crippen molar-refractivity contribution in [3.05, 3.63) is 45.8 Å². The van der Waals surface area contributed by atoms with Gasteiger partial charge < -0.3 is 4.42 Å². The second-order valence-electron chi connectivity index (χ2n) is 4.80. The average molecular weight is 257 g/mol. The number of hydrogen-bond donors (Lipinski definition) is 0. The van der Waals surface area contributed by atoms with E-state index < -0.39 is 0 Å². The molecule has 3 rings (SSSR count). The molecule has 0 saturated carbocycles. The molecule has 0 saturated heterocycles. The third-order valence-electron chi connectivity index (χ3n) is 3.40. The molecule has 1 aromatic carbocycles. The van der Waals surface area contributed by atoms with E-state index in [0.29, 0.717) is 10.5 Å². The minimum Gasteiger partial charge on any atom is -0.442 e. The molecule has 1 aliphatic carbocycles. The molecule has 1 aromatic heterocycles. The normalized spacial score (nSPS) is 14.3. The number of fused-ring (bicyclic) bond motifs is 1. The lowest BCUT2D eigenvalue weighted by Crippen LogP contribution is -2.05. The summed E-state index contributed by atoms with van der Waals surface area (Å²) in [5, 5.41) is 0. The van der Waals surface area contributed by atoms with Crippen LogP contribution >= 0.6 is 12.2 Å². The Labute approximate surface area is 112 Å². The molecule has 0 radical (unpaired) electrons. The van der Waals surface area contributed by atoms with Crippen molar-refractivity contribution < 1.29 is 4.42 Å². The van der Waals surface area contributed by atoms with Gasteiger partial charge in [-0.15, -0.1) is 0 Å². The number of hydrogen-bond acceptors (Lipinski definition) is 3. The topological polar surface area (TPSA) is 26.0 Å². The Morgan fingerprint density at radius 1 is 1.11 bits per heavy atom. The average Bonchev–Trinajstić information content (AvgIpc) is 2.39. The van der Waals surface area contributed by atoms with E-state index in [4.69, 9.17) is 16.6 Å². The van der Waals surface area contributed by atoms with Gasteiger partial charge in [0.25, 0.3) is 0 Å². The first kappa shape index (κ1) is 11.6. The minimum atomic E-state index is 0.653. The van der Waals surface area contributed by atoms with Crippen LogP contribution in [0.15, 0.2) is 28.7 Å². The van der Waals surface area contributed by atoms with Crippen LogP contribution in [0.4, 0.5) is 0 Å². The van der Waals surface area contributed by atoms with Gasteiger partial charge >= 0.3 is 0 Å². The largest absolute Gasteiger partial charge is 0.442 e. The van der Waals surface area contributed by atoms with Gasteiger partial charge in [-0.2, -0.15) is 0 Å². The van der Waals surface area contributed by atoms with Gasteiger partial charge in [0.1, 0.15) is 10.4 Å². The summed E-state index contributed by atoms with van der Waals surface area (Å²) in [6, 6.07) is 8.19. The first-order valence-electron chi connectivity index (χ1n) is 6.34. The summed E-state index contributed by atoms with van der Waals surface area (Å²) in [6.45, 7) is 2.07. The van der Waals surface area contributed by atoms with E-state index in [2.05, 4.69) is 24.0 Å². The lowest BCUT2D eigenvalue weighted by Gasteiger charge is -2.14. The van der Waals surface area contributed by atoms with E-state index in [0.717, 1.165) is 29.7 Å². The first-order chi connectivity index (χ1) is 8.74. The molecule has 0 spiro atoms. The SMILES string of the molecule is Cc1ccc(-c2nc(=S)c3c(o2)CCCC3)cc1. The minimum absolute atomic E-state index is 0.653. The van der Waals surface area contributed by atoms with Crippen molar-refractivity contribution >= 4 is 12.2 Å². The zero-order chi connectivity index (χ0) is 12.5. The molecule has 18 heavy (non-hydrogen) atoms. The van der Waals surface area contributed by atoms with Crippen LogP contribution in [0.3, 0.4) is 0 Å². The van der Waals surface area contributed by atoms with Gasteiger partial charge in [-0.05, 0) is 38.3 Å². The highest BCUT2D eigenvalue weighted by molar-refractivity contribution is 7.71. The quantitative estimate of drug-likeness (QED) is 0.714. The lowest BCUT2D eigenvalue weighted by atomic mass is 9.98. The van der Waals surface area contributed by atoms with E-state index in [1.54, 1.807) is 0 Å². The van der Waals surface area contributed by atoms with Crippen LogP contribution in [0.2, 0.25) is 0 Å². The number of aryl methyl sites for hydroxylation is 2. The Morgan fingerprint density at radius 3 is 2.61 bits per heavy atom. The fourth-order valence-electron chi connectivity index (χ4n) is 2.34. The van der Waals surface area contributed by atoms with E-state index >= 15 is 0 Å². The molecule has 2 nitrogen and oxygen atoms in total. The van der Waals surface area contributed by atoms with Crippen molar-refractivity contribution in [2.45, 2.75) is 32.6 Å². The summed E-state index contributed by atoms with van der Waals surface area (Å²) in [4.78, 5) is 4.43. The molecule has 0 atom stereocenters. The smallest absolute Gasteiger partial charge is 0.227 e. The molecule has 92 valence electrons. The summed E-state index contributed by atoms with van der Waals surface area (Å²) in [5.41, 5.74) is 3.38. The highest BCUT2D eigenvalue weighted by atomic mass is 32.1. The molecule has 2 aromatic rings. The lowest BCUT2D eigenvalue weighted by molar-refractivity contribution is 0.449. The molecular weight excluding hydrogens is 242 g/mol. The summed E-state index contributed by atoms with van der Waals surface area (Å²) < 4.78 is 6.64. The zero-order valence-electron chi connectivity index (χ0n) is 10.4. The maximum absolute atomic E-state index is 5.93. The maximum Gasteiger partial charge on any atom is 0.227 e. The second kappa shape index (κ2) is 4.65. The molecule has 0 unspecified atom stereocenters. The van der Waals surface area contributed by atoms with Crippen LogP contribution in [-0.2, 0) is 12.8 Å². The number of rotatable bonds is 1. The molecule has 1 aliphatic rings. The number of benzene rings is 1. The highest BCUT2D eigenvalue weighted by Gasteiger charge is 2.16. The molecular formula is C15H15NOS. The molecule has 3 heteroatoms. The van der Waals surface area contributed by atoms with Gasteiger partial charge in [0.2, 0.25) is 5.89 Å². The third kappa shape index (κ3) is 2.10. The summed E-state index contributed by atoms with van der Waals surface area (Å²) >= 11 is 5.38. The van der Waals surface area contributed by atoms with Crippen molar-refractivity contribution in [1.29, 1.82) is 0 Å².